The molecule has 1 aromatic carbocycles. The molecule has 1 aliphatic rings. The second-order valence-corrected chi connectivity index (χ2v) is 5.32. The number of benzene rings is 1. The summed E-state index contributed by atoms with van der Waals surface area (Å²) in [5.74, 6) is -0.228. The standard InChI is InChI=1S/C13H14Cl2N2O2/c1-8-13(19)17(6-5-16(8)9(2)18)12-4-3-10(14)7-11(12)15/h3-4,7-8H,5-6H2,1-2H3. The van der Waals surface area contributed by atoms with E-state index in [1.165, 1.54) is 6.92 Å². The lowest BCUT2D eigenvalue weighted by atomic mass is 10.1. The maximum Gasteiger partial charge on any atom is 0.249 e. The molecule has 2 rings (SSSR count). The van der Waals surface area contributed by atoms with Crippen molar-refractivity contribution >= 4 is 40.7 Å². The van der Waals surface area contributed by atoms with Crippen LogP contribution in [0.15, 0.2) is 18.2 Å². The Labute approximate surface area is 121 Å². The Bertz CT molecular complexity index is 533. The van der Waals surface area contributed by atoms with Crippen LogP contribution in [-0.4, -0.2) is 35.8 Å². The van der Waals surface area contributed by atoms with Crippen molar-refractivity contribution in [3.8, 4) is 0 Å². The van der Waals surface area contributed by atoms with Gasteiger partial charge in [-0.1, -0.05) is 23.2 Å². The van der Waals surface area contributed by atoms with E-state index in [9.17, 15) is 9.59 Å². The molecule has 6 heteroatoms. The fourth-order valence-electron chi connectivity index (χ4n) is 2.24. The highest BCUT2D eigenvalue weighted by Gasteiger charge is 2.34. The smallest absolute Gasteiger partial charge is 0.249 e. The number of carbonyl (C=O) groups is 2. The average Bonchev–Trinajstić information content (AvgIpc) is 2.33. The van der Waals surface area contributed by atoms with Gasteiger partial charge in [0, 0.05) is 25.0 Å². The number of halogens is 2. The van der Waals surface area contributed by atoms with Crippen LogP contribution in [0, 0.1) is 0 Å². The van der Waals surface area contributed by atoms with Crippen molar-refractivity contribution in [2.24, 2.45) is 0 Å². The number of hydrogen-bond donors (Lipinski definition) is 0. The van der Waals surface area contributed by atoms with E-state index in [0.29, 0.717) is 28.8 Å². The first kappa shape index (κ1) is 14.2. The topological polar surface area (TPSA) is 40.6 Å². The second kappa shape index (κ2) is 5.39. The zero-order valence-corrected chi connectivity index (χ0v) is 12.2. The molecule has 4 nitrogen and oxygen atoms in total. The van der Waals surface area contributed by atoms with Gasteiger partial charge in [-0.05, 0) is 25.1 Å². The highest BCUT2D eigenvalue weighted by Crippen LogP contribution is 2.30. The first-order chi connectivity index (χ1) is 8.91. The molecule has 19 heavy (non-hydrogen) atoms. The lowest BCUT2D eigenvalue weighted by molar-refractivity contribution is -0.139. The minimum atomic E-state index is -0.474. The molecule has 0 aromatic heterocycles. The Hall–Kier alpha value is -1.26. The second-order valence-electron chi connectivity index (χ2n) is 4.47. The van der Waals surface area contributed by atoms with Crippen LogP contribution >= 0.6 is 23.2 Å². The number of rotatable bonds is 1. The van der Waals surface area contributed by atoms with Crippen LogP contribution in [-0.2, 0) is 9.59 Å². The van der Waals surface area contributed by atoms with Gasteiger partial charge < -0.3 is 9.80 Å². The summed E-state index contributed by atoms with van der Waals surface area (Å²) in [6.07, 6.45) is 0. The molecule has 0 N–H and O–H groups in total. The summed E-state index contributed by atoms with van der Waals surface area (Å²) < 4.78 is 0. The van der Waals surface area contributed by atoms with Gasteiger partial charge in [0.05, 0.1) is 10.7 Å². The number of nitrogens with zero attached hydrogens (tertiary/aromatic N) is 2. The molecule has 0 bridgehead atoms. The van der Waals surface area contributed by atoms with Gasteiger partial charge in [0.25, 0.3) is 0 Å². The predicted octanol–water partition coefficient (Wildman–Crippen LogP) is 2.58. The van der Waals surface area contributed by atoms with E-state index in [1.807, 2.05) is 0 Å². The van der Waals surface area contributed by atoms with E-state index in [1.54, 1.807) is 34.9 Å². The maximum absolute atomic E-state index is 12.3. The molecule has 102 valence electrons. The van der Waals surface area contributed by atoms with E-state index in [-0.39, 0.29) is 11.8 Å². The SMILES string of the molecule is CC(=O)N1CCN(c2ccc(Cl)cc2Cl)C(=O)C1C. The molecule has 1 unspecified atom stereocenters. The van der Waals surface area contributed by atoms with Gasteiger partial charge in [-0.25, -0.2) is 0 Å². The first-order valence-electron chi connectivity index (χ1n) is 5.95. The number of anilines is 1. The van der Waals surface area contributed by atoms with Crippen molar-refractivity contribution in [3.63, 3.8) is 0 Å². The summed E-state index contributed by atoms with van der Waals surface area (Å²) in [6.45, 7) is 4.12. The predicted molar refractivity (Wildman–Crippen MR) is 75.7 cm³/mol. The van der Waals surface area contributed by atoms with E-state index in [4.69, 9.17) is 23.2 Å². The van der Waals surface area contributed by atoms with E-state index >= 15 is 0 Å². The van der Waals surface area contributed by atoms with E-state index in [0.717, 1.165) is 0 Å². The summed E-state index contributed by atoms with van der Waals surface area (Å²) in [5.41, 5.74) is 0.631. The Kier molecular flexibility index (Phi) is 4.02. The Morgan fingerprint density at radius 2 is 2.00 bits per heavy atom. The summed E-state index contributed by atoms with van der Waals surface area (Å²) in [4.78, 5) is 26.9. The molecule has 0 saturated carbocycles. The van der Waals surface area contributed by atoms with Crippen molar-refractivity contribution < 1.29 is 9.59 Å². The fourth-order valence-corrected chi connectivity index (χ4v) is 2.75. The molecule has 1 fully saturated rings. The summed E-state index contributed by atoms with van der Waals surface area (Å²) in [5, 5.41) is 0.959. The number of piperazine rings is 1. The minimum Gasteiger partial charge on any atom is -0.329 e. The molecule has 1 aliphatic heterocycles. The van der Waals surface area contributed by atoms with Crippen LogP contribution in [0.5, 0.6) is 0 Å². The van der Waals surface area contributed by atoms with Crippen molar-refractivity contribution in [1.82, 2.24) is 4.90 Å². The first-order valence-corrected chi connectivity index (χ1v) is 6.71. The normalized spacial score (nSPS) is 19.8. The van der Waals surface area contributed by atoms with Gasteiger partial charge in [0.1, 0.15) is 6.04 Å². The molecular weight excluding hydrogens is 287 g/mol. The largest absolute Gasteiger partial charge is 0.329 e. The lowest BCUT2D eigenvalue weighted by Gasteiger charge is -2.38. The third-order valence-electron chi connectivity index (χ3n) is 3.26. The van der Waals surface area contributed by atoms with Crippen molar-refractivity contribution in [2.75, 3.05) is 18.0 Å². The number of hydrogen-bond acceptors (Lipinski definition) is 2. The van der Waals surface area contributed by atoms with Crippen LogP contribution in [0.4, 0.5) is 5.69 Å². The molecule has 2 amide bonds. The van der Waals surface area contributed by atoms with Crippen LogP contribution in [0.2, 0.25) is 10.0 Å². The highest BCUT2D eigenvalue weighted by molar-refractivity contribution is 6.36. The summed E-state index contributed by atoms with van der Waals surface area (Å²) in [7, 11) is 0. The zero-order chi connectivity index (χ0) is 14.2. The van der Waals surface area contributed by atoms with Gasteiger partial charge in [0.15, 0.2) is 0 Å². The van der Waals surface area contributed by atoms with Crippen molar-refractivity contribution in [2.45, 2.75) is 19.9 Å². The van der Waals surface area contributed by atoms with Crippen LogP contribution < -0.4 is 4.90 Å². The van der Waals surface area contributed by atoms with Gasteiger partial charge in [0.2, 0.25) is 11.8 Å². The summed E-state index contributed by atoms with van der Waals surface area (Å²) in [6, 6.07) is 4.54. The zero-order valence-electron chi connectivity index (χ0n) is 10.7. The van der Waals surface area contributed by atoms with Crippen molar-refractivity contribution in [1.29, 1.82) is 0 Å². The van der Waals surface area contributed by atoms with Crippen LogP contribution in [0.1, 0.15) is 13.8 Å². The van der Waals surface area contributed by atoms with Crippen molar-refractivity contribution in [3.05, 3.63) is 28.2 Å². The Morgan fingerprint density at radius 1 is 1.32 bits per heavy atom. The van der Waals surface area contributed by atoms with Gasteiger partial charge in [-0.3, -0.25) is 9.59 Å². The Balaban J connectivity index is 2.28. The highest BCUT2D eigenvalue weighted by atomic mass is 35.5. The van der Waals surface area contributed by atoms with Gasteiger partial charge >= 0.3 is 0 Å². The van der Waals surface area contributed by atoms with Gasteiger partial charge in [-0.15, -0.1) is 0 Å². The molecule has 0 spiro atoms. The van der Waals surface area contributed by atoms with E-state index < -0.39 is 6.04 Å². The lowest BCUT2D eigenvalue weighted by Crippen LogP contribution is -2.57. The molecule has 1 aromatic rings. The summed E-state index contributed by atoms with van der Waals surface area (Å²) >= 11 is 12.0. The van der Waals surface area contributed by atoms with Crippen LogP contribution in [0.3, 0.4) is 0 Å². The molecular formula is C13H14Cl2N2O2. The quantitative estimate of drug-likeness (QED) is 0.800. The molecule has 0 aliphatic carbocycles. The fraction of sp³-hybridized carbons (Fsp3) is 0.385. The Morgan fingerprint density at radius 3 is 2.58 bits per heavy atom. The third-order valence-corrected chi connectivity index (χ3v) is 3.80. The minimum absolute atomic E-state index is 0.0947. The van der Waals surface area contributed by atoms with Gasteiger partial charge in [-0.2, -0.15) is 0 Å². The molecule has 1 heterocycles. The molecule has 1 atom stereocenters. The van der Waals surface area contributed by atoms with E-state index in [2.05, 4.69) is 0 Å². The number of carbonyl (C=O) groups excluding carboxylic acids is 2. The molecule has 0 radical (unpaired) electrons. The van der Waals surface area contributed by atoms with Crippen LogP contribution in [0.25, 0.3) is 0 Å². The third kappa shape index (κ3) is 2.69. The molecule has 1 saturated heterocycles. The number of amides is 2. The average molecular weight is 301 g/mol. The monoisotopic (exact) mass is 300 g/mol. The maximum atomic E-state index is 12.3.